The smallest absolute Gasteiger partial charge is 0.123 e. The minimum Gasteiger partial charge on any atom is -0.474 e. The Hall–Kier alpha value is -0.803. The van der Waals surface area contributed by atoms with Gasteiger partial charge in [0.15, 0.2) is 0 Å². The minimum atomic E-state index is -1.31. The van der Waals surface area contributed by atoms with Crippen LogP contribution in [-0.2, 0) is 0 Å². The van der Waals surface area contributed by atoms with Crippen LogP contribution in [0.5, 0.6) is 0 Å². The normalized spacial score (nSPS) is 12.3. The molecule has 0 spiro atoms. The summed E-state index contributed by atoms with van der Waals surface area (Å²) >= 11 is 0. The summed E-state index contributed by atoms with van der Waals surface area (Å²) in [6.07, 6.45) is 19.0. The van der Waals surface area contributed by atoms with Gasteiger partial charge in [0.25, 0.3) is 0 Å². The van der Waals surface area contributed by atoms with Crippen molar-refractivity contribution in [2.45, 2.75) is 83.8 Å². The Balaban J connectivity index is 1.99. The Morgan fingerprint density at radius 2 is 1.48 bits per heavy atom. The molecule has 0 aromatic carbocycles. The van der Waals surface area contributed by atoms with Crippen molar-refractivity contribution in [3.05, 3.63) is 24.0 Å². The van der Waals surface area contributed by atoms with E-state index in [9.17, 15) is 0 Å². The van der Waals surface area contributed by atoms with Crippen molar-refractivity contribution in [3.8, 4) is 0 Å². The lowest BCUT2D eigenvalue weighted by Gasteiger charge is -2.10. The van der Waals surface area contributed by atoms with E-state index in [0.717, 1.165) is 6.42 Å². The van der Waals surface area contributed by atoms with Crippen molar-refractivity contribution in [2.24, 2.45) is 0 Å². The topological polar surface area (TPSA) is 33.4 Å². The molecule has 1 aromatic heterocycles. The van der Waals surface area contributed by atoms with Crippen molar-refractivity contribution >= 4 is 19.5 Å². The first-order valence-corrected chi connectivity index (χ1v) is 12.9. The molecule has 0 saturated carbocycles. The van der Waals surface area contributed by atoms with E-state index in [0.29, 0.717) is 6.61 Å². The lowest BCUT2D eigenvalue weighted by Crippen LogP contribution is -2.36. The molecule has 23 heavy (non-hydrogen) atoms. The zero-order valence-electron chi connectivity index (χ0n) is 15.4. The first-order valence-electron chi connectivity index (χ1n) is 9.40. The molecule has 0 fully saturated rings. The maximum atomic E-state index is 8.71. The SMILES string of the molecule is C[Si](C)(C)c1cc(/C=C/CCCCCCCCCCCO)co1. The van der Waals surface area contributed by atoms with Crippen molar-refractivity contribution in [1.82, 2.24) is 0 Å². The summed E-state index contributed by atoms with van der Waals surface area (Å²) in [5.41, 5.74) is 1.21. The van der Waals surface area contributed by atoms with E-state index < -0.39 is 8.07 Å². The van der Waals surface area contributed by atoms with Crippen LogP contribution in [0, 0.1) is 0 Å². The number of aliphatic hydroxyl groups is 1. The Morgan fingerprint density at radius 1 is 0.913 bits per heavy atom. The van der Waals surface area contributed by atoms with Gasteiger partial charge < -0.3 is 9.52 Å². The quantitative estimate of drug-likeness (QED) is 0.368. The molecule has 0 radical (unpaired) electrons. The predicted octanol–water partition coefficient (Wildman–Crippen LogP) is 5.73. The summed E-state index contributed by atoms with van der Waals surface area (Å²) < 4.78 is 5.68. The maximum Gasteiger partial charge on any atom is 0.123 e. The molecule has 0 atom stereocenters. The van der Waals surface area contributed by atoms with Gasteiger partial charge in [0.1, 0.15) is 8.07 Å². The van der Waals surface area contributed by atoms with Gasteiger partial charge in [0.05, 0.1) is 11.6 Å². The number of unbranched alkanes of at least 4 members (excludes halogenated alkanes) is 9. The third kappa shape index (κ3) is 9.82. The van der Waals surface area contributed by atoms with Crippen molar-refractivity contribution < 1.29 is 9.52 Å². The van der Waals surface area contributed by atoms with E-state index >= 15 is 0 Å². The Morgan fingerprint density at radius 3 is 2.00 bits per heavy atom. The zero-order valence-corrected chi connectivity index (χ0v) is 16.4. The van der Waals surface area contributed by atoms with Crippen LogP contribution in [0.4, 0.5) is 0 Å². The predicted molar refractivity (Wildman–Crippen MR) is 104 cm³/mol. The molecule has 3 heteroatoms. The average Bonchev–Trinajstić information content (AvgIpc) is 2.97. The Bertz CT molecular complexity index is 429. The largest absolute Gasteiger partial charge is 0.474 e. The van der Waals surface area contributed by atoms with E-state index in [1.54, 1.807) is 0 Å². The lowest BCUT2D eigenvalue weighted by molar-refractivity contribution is 0.282. The number of furan rings is 1. The molecule has 0 unspecified atom stereocenters. The summed E-state index contributed by atoms with van der Waals surface area (Å²) in [6.45, 7) is 7.29. The van der Waals surface area contributed by atoms with E-state index in [1.807, 2.05) is 6.26 Å². The molecular weight excluding hydrogens is 300 g/mol. The van der Waals surface area contributed by atoms with E-state index in [4.69, 9.17) is 9.52 Å². The molecule has 0 bridgehead atoms. The van der Waals surface area contributed by atoms with Gasteiger partial charge in [-0.2, -0.15) is 0 Å². The molecule has 0 aliphatic heterocycles. The van der Waals surface area contributed by atoms with Crippen LogP contribution >= 0.6 is 0 Å². The molecule has 1 aromatic rings. The van der Waals surface area contributed by atoms with Gasteiger partial charge >= 0.3 is 0 Å². The number of hydrogen-bond donors (Lipinski definition) is 1. The van der Waals surface area contributed by atoms with Crippen molar-refractivity contribution in [1.29, 1.82) is 0 Å². The van der Waals surface area contributed by atoms with Gasteiger partial charge in [-0.15, -0.1) is 0 Å². The van der Waals surface area contributed by atoms with Crippen LogP contribution in [0.3, 0.4) is 0 Å². The molecule has 0 saturated heterocycles. The first-order chi connectivity index (χ1) is 11.0. The van der Waals surface area contributed by atoms with E-state index in [1.165, 1.54) is 68.7 Å². The van der Waals surface area contributed by atoms with Crippen molar-refractivity contribution in [3.63, 3.8) is 0 Å². The number of hydrogen-bond acceptors (Lipinski definition) is 2. The molecule has 0 aliphatic rings. The number of aliphatic hydroxyl groups excluding tert-OH is 1. The van der Waals surface area contributed by atoms with Gasteiger partial charge in [0, 0.05) is 12.2 Å². The molecule has 1 rings (SSSR count). The first kappa shape index (κ1) is 20.2. The van der Waals surface area contributed by atoms with Crippen LogP contribution in [-0.4, -0.2) is 19.8 Å². The monoisotopic (exact) mass is 336 g/mol. The lowest BCUT2D eigenvalue weighted by atomic mass is 10.1. The third-order valence-corrected chi connectivity index (χ3v) is 5.94. The molecular formula is C20H36O2Si. The van der Waals surface area contributed by atoms with Crippen LogP contribution in [0.2, 0.25) is 19.6 Å². The highest BCUT2D eigenvalue weighted by Gasteiger charge is 2.20. The third-order valence-electron chi connectivity index (χ3n) is 4.20. The summed E-state index contributed by atoms with van der Waals surface area (Å²) in [4.78, 5) is 0. The zero-order chi connectivity index (χ0) is 17.0. The van der Waals surface area contributed by atoms with Gasteiger partial charge in [-0.1, -0.05) is 76.7 Å². The summed E-state index contributed by atoms with van der Waals surface area (Å²) in [7, 11) is -1.31. The van der Waals surface area contributed by atoms with E-state index in [-0.39, 0.29) is 0 Å². The minimum absolute atomic E-state index is 0.353. The highest BCUT2D eigenvalue weighted by molar-refractivity contribution is 6.87. The van der Waals surface area contributed by atoms with Crippen LogP contribution in [0.15, 0.2) is 22.8 Å². The second-order valence-corrected chi connectivity index (χ2v) is 12.6. The second kappa shape index (κ2) is 11.7. The standard InChI is InChI=1S/C20H36O2Si/c1-23(2,3)20-17-19(18-22-20)15-13-11-9-7-5-4-6-8-10-12-14-16-21/h13,15,17-18,21H,4-12,14,16H2,1-3H3/b15-13+. The fraction of sp³-hybridized carbons (Fsp3) is 0.700. The molecule has 1 N–H and O–H groups in total. The molecule has 0 amide bonds. The highest BCUT2D eigenvalue weighted by atomic mass is 28.3. The highest BCUT2D eigenvalue weighted by Crippen LogP contribution is 2.12. The van der Waals surface area contributed by atoms with Gasteiger partial charge in [0.2, 0.25) is 0 Å². The summed E-state index contributed by atoms with van der Waals surface area (Å²) in [6, 6.07) is 2.21. The van der Waals surface area contributed by atoms with E-state index in [2.05, 4.69) is 37.9 Å². The summed E-state index contributed by atoms with van der Waals surface area (Å²) in [5, 5.41) is 9.90. The molecule has 1 heterocycles. The maximum absolute atomic E-state index is 8.71. The fourth-order valence-corrected chi connectivity index (χ4v) is 3.67. The second-order valence-electron chi connectivity index (χ2n) is 7.59. The number of allylic oxidation sites excluding steroid dienone is 1. The molecule has 0 aliphatic carbocycles. The van der Waals surface area contributed by atoms with Crippen LogP contribution in [0.25, 0.3) is 6.08 Å². The summed E-state index contributed by atoms with van der Waals surface area (Å²) in [5.74, 6) is 0. The van der Waals surface area contributed by atoms with Crippen molar-refractivity contribution in [2.75, 3.05) is 6.61 Å². The van der Waals surface area contributed by atoms with Gasteiger partial charge in [-0.05, 0) is 25.3 Å². The van der Waals surface area contributed by atoms with Crippen LogP contribution < -0.4 is 5.38 Å². The molecule has 2 nitrogen and oxygen atoms in total. The Labute approximate surface area is 144 Å². The fourth-order valence-electron chi connectivity index (χ4n) is 2.66. The molecule has 132 valence electrons. The van der Waals surface area contributed by atoms with Crippen LogP contribution in [0.1, 0.15) is 69.8 Å². The number of rotatable bonds is 13. The Kier molecular flexibility index (Phi) is 10.3. The van der Waals surface area contributed by atoms with Gasteiger partial charge in [-0.3, -0.25) is 0 Å². The van der Waals surface area contributed by atoms with Gasteiger partial charge in [-0.25, -0.2) is 0 Å². The average molecular weight is 337 g/mol.